The van der Waals surface area contributed by atoms with Crippen molar-refractivity contribution in [3.8, 4) is 0 Å². The Hall–Kier alpha value is -0.920. The summed E-state index contributed by atoms with van der Waals surface area (Å²) in [6.07, 6.45) is 5.42. The number of carbonyl (C=O) groups excluding carboxylic acids is 2. The first-order valence-electron chi connectivity index (χ1n) is 4.85. The van der Waals surface area contributed by atoms with E-state index in [4.69, 9.17) is 0 Å². The normalized spacial score (nSPS) is 9.62. The predicted octanol–water partition coefficient (Wildman–Crippen LogP) is 2.67. The van der Waals surface area contributed by atoms with E-state index >= 15 is 0 Å². The predicted molar refractivity (Wildman–Crippen MR) is 53.6 cm³/mol. The van der Waals surface area contributed by atoms with Gasteiger partial charge in [-0.25, -0.2) is 0 Å². The highest BCUT2D eigenvalue weighted by Gasteiger charge is 2.07. The summed E-state index contributed by atoms with van der Waals surface area (Å²) in [4.78, 5) is 22.2. The molecule has 0 aliphatic heterocycles. The molecule has 0 fully saturated rings. The van der Waals surface area contributed by atoms with Crippen LogP contribution in [0.15, 0.2) is 12.7 Å². The van der Waals surface area contributed by atoms with Crippen molar-refractivity contribution < 1.29 is 9.59 Å². The van der Waals surface area contributed by atoms with Crippen LogP contribution in [-0.2, 0) is 9.59 Å². The van der Waals surface area contributed by atoms with E-state index < -0.39 is 0 Å². The molecule has 0 amide bonds. The molecule has 0 unspecified atom stereocenters. The molecule has 74 valence electrons. The Morgan fingerprint density at radius 2 is 1.85 bits per heavy atom. The smallest absolute Gasteiger partial charge is 0.140 e. The zero-order valence-corrected chi connectivity index (χ0v) is 8.34. The SMILES string of the molecule is C=CCCC(=O)CC(=O)CCCC. The molecular formula is C11H18O2. The van der Waals surface area contributed by atoms with Gasteiger partial charge in [-0.15, -0.1) is 6.58 Å². The maximum atomic E-state index is 11.1. The van der Waals surface area contributed by atoms with E-state index in [0.29, 0.717) is 19.3 Å². The van der Waals surface area contributed by atoms with Crippen molar-refractivity contribution in [3.63, 3.8) is 0 Å². The minimum Gasteiger partial charge on any atom is -0.299 e. The monoisotopic (exact) mass is 182 g/mol. The highest BCUT2D eigenvalue weighted by Crippen LogP contribution is 2.02. The molecule has 0 saturated heterocycles. The van der Waals surface area contributed by atoms with Gasteiger partial charge in [0.1, 0.15) is 11.6 Å². The van der Waals surface area contributed by atoms with Crippen LogP contribution in [-0.4, -0.2) is 11.6 Å². The summed E-state index contributed by atoms with van der Waals surface area (Å²) in [5.41, 5.74) is 0. The van der Waals surface area contributed by atoms with Gasteiger partial charge in [0.15, 0.2) is 0 Å². The Bertz CT molecular complexity index is 183. The van der Waals surface area contributed by atoms with Crippen molar-refractivity contribution in [1.29, 1.82) is 0 Å². The molecule has 0 aliphatic rings. The second-order valence-corrected chi connectivity index (χ2v) is 3.19. The van der Waals surface area contributed by atoms with Crippen LogP contribution >= 0.6 is 0 Å². The lowest BCUT2D eigenvalue weighted by Crippen LogP contribution is -2.06. The van der Waals surface area contributed by atoms with Crippen LogP contribution < -0.4 is 0 Å². The van der Waals surface area contributed by atoms with Gasteiger partial charge in [-0.05, 0) is 12.8 Å². The number of allylic oxidation sites excluding steroid dienone is 1. The summed E-state index contributed by atoms with van der Waals surface area (Å²) in [6.45, 7) is 5.56. The van der Waals surface area contributed by atoms with Gasteiger partial charge in [-0.3, -0.25) is 9.59 Å². The van der Waals surface area contributed by atoms with Crippen molar-refractivity contribution in [2.45, 2.75) is 45.4 Å². The quantitative estimate of drug-likeness (QED) is 0.427. The first kappa shape index (κ1) is 12.1. The molecule has 0 N–H and O–H groups in total. The molecule has 0 saturated carbocycles. The van der Waals surface area contributed by atoms with Crippen molar-refractivity contribution in [2.24, 2.45) is 0 Å². The molecule has 0 atom stereocenters. The fraction of sp³-hybridized carbons (Fsp3) is 0.636. The van der Waals surface area contributed by atoms with E-state index in [1.54, 1.807) is 6.08 Å². The highest BCUT2D eigenvalue weighted by molar-refractivity contribution is 5.99. The van der Waals surface area contributed by atoms with Gasteiger partial charge >= 0.3 is 0 Å². The van der Waals surface area contributed by atoms with Crippen LogP contribution in [0.2, 0.25) is 0 Å². The molecule has 13 heavy (non-hydrogen) atoms. The molecule has 0 rings (SSSR count). The molecule has 2 heteroatoms. The van der Waals surface area contributed by atoms with Gasteiger partial charge in [0.05, 0.1) is 6.42 Å². The maximum absolute atomic E-state index is 11.1. The zero-order chi connectivity index (χ0) is 10.1. The summed E-state index contributed by atoms with van der Waals surface area (Å²) in [5, 5.41) is 0. The molecule has 2 nitrogen and oxygen atoms in total. The average Bonchev–Trinajstić information content (AvgIpc) is 2.11. The van der Waals surface area contributed by atoms with Gasteiger partial charge in [0.2, 0.25) is 0 Å². The second kappa shape index (κ2) is 7.71. The first-order valence-corrected chi connectivity index (χ1v) is 4.85. The van der Waals surface area contributed by atoms with Crippen LogP contribution in [0.25, 0.3) is 0 Å². The molecule has 0 aliphatic carbocycles. The molecule has 0 bridgehead atoms. The van der Waals surface area contributed by atoms with E-state index in [2.05, 4.69) is 6.58 Å². The minimum absolute atomic E-state index is 0.0426. The van der Waals surface area contributed by atoms with Crippen LogP contribution in [0, 0.1) is 0 Å². The average molecular weight is 182 g/mol. The summed E-state index contributed by atoms with van der Waals surface area (Å²) in [6, 6.07) is 0. The summed E-state index contributed by atoms with van der Waals surface area (Å²) < 4.78 is 0. The van der Waals surface area contributed by atoms with Crippen LogP contribution in [0.5, 0.6) is 0 Å². The maximum Gasteiger partial charge on any atom is 0.140 e. The molecule has 0 spiro atoms. The number of Topliss-reactive ketones (excluding diaryl/α,β-unsaturated/α-hetero) is 2. The first-order chi connectivity index (χ1) is 6.20. The third kappa shape index (κ3) is 7.44. The Morgan fingerprint density at radius 3 is 2.38 bits per heavy atom. The number of ketones is 2. The van der Waals surface area contributed by atoms with Crippen LogP contribution in [0.3, 0.4) is 0 Å². The third-order valence-corrected chi connectivity index (χ3v) is 1.83. The van der Waals surface area contributed by atoms with E-state index in [1.165, 1.54) is 0 Å². The number of rotatable bonds is 8. The van der Waals surface area contributed by atoms with E-state index in [9.17, 15) is 9.59 Å². The lowest BCUT2D eigenvalue weighted by molar-refractivity contribution is -0.127. The van der Waals surface area contributed by atoms with Gasteiger partial charge in [-0.1, -0.05) is 19.4 Å². The number of unbranched alkanes of at least 4 members (excludes halogenated alkanes) is 1. The molecule has 0 aromatic carbocycles. The molecule has 0 heterocycles. The van der Waals surface area contributed by atoms with Crippen molar-refractivity contribution >= 4 is 11.6 Å². The van der Waals surface area contributed by atoms with Gasteiger partial charge in [0, 0.05) is 12.8 Å². The molecule has 0 radical (unpaired) electrons. The summed E-state index contributed by atoms with van der Waals surface area (Å²) >= 11 is 0. The van der Waals surface area contributed by atoms with Gasteiger partial charge in [0.25, 0.3) is 0 Å². The summed E-state index contributed by atoms with van der Waals surface area (Å²) in [7, 11) is 0. The number of hydrogen-bond donors (Lipinski definition) is 0. The number of carbonyl (C=O) groups is 2. The third-order valence-electron chi connectivity index (χ3n) is 1.83. The van der Waals surface area contributed by atoms with Gasteiger partial charge < -0.3 is 0 Å². The van der Waals surface area contributed by atoms with E-state index in [1.807, 2.05) is 6.92 Å². The lowest BCUT2D eigenvalue weighted by atomic mass is 10.1. The van der Waals surface area contributed by atoms with Crippen LogP contribution in [0.1, 0.15) is 45.4 Å². The van der Waals surface area contributed by atoms with Gasteiger partial charge in [-0.2, -0.15) is 0 Å². The fourth-order valence-electron chi connectivity index (χ4n) is 1.03. The second-order valence-electron chi connectivity index (χ2n) is 3.19. The van der Waals surface area contributed by atoms with Crippen molar-refractivity contribution in [1.82, 2.24) is 0 Å². The fourth-order valence-corrected chi connectivity index (χ4v) is 1.03. The highest BCUT2D eigenvalue weighted by atomic mass is 16.1. The van der Waals surface area contributed by atoms with Crippen molar-refractivity contribution in [2.75, 3.05) is 0 Å². The van der Waals surface area contributed by atoms with E-state index in [-0.39, 0.29) is 18.0 Å². The largest absolute Gasteiger partial charge is 0.299 e. The summed E-state index contributed by atoms with van der Waals surface area (Å²) in [5.74, 6) is 0.122. The minimum atomic E-state index is 0.0426. The Kier molecular flexibility index (Phi) is 7.17. The number of hydrogen-bond acceptors (Lipinski definition) is 2. The Balaban J connectivity index is 3.53. The zero-order valence-electron chi connectivity index (χ0n) is 8.34. The standard InChI is InChI=1S/C11H18O2/c1-3-5-7-10(12)9-11(13)8-6-4-2/h3H,1,4-9H2,2H3. The molecular weight excluding hydrogens is 164 g/mol. The van der Waals surface area contributed by atoms with Crippen LogP contribution in [0.4, 0.5) is 0 Å². The van der Waals surface area contributed by atoms with E-state index in [0.717, 1.165) is 12.8 Å². The molecule has 0 aromatic heterocycles. The Morgan fingerprint density at radius 1 is 1.23 bits per heavy atom. The Labute approximate surface area is 80.0 Å². The van der Waals surface area contributed by atoms with Crippen molar-refractivity contribution in [3.05, 3.63) is 12.7 Å². The lowest BCUT2D eigenvalue weighted by Gasteiger charge is -1.97. The molecule has 0 aromatic rings. The topological polar surface area (TPSA) is 34.1 Å².